The number of rotatable bonds is 7. The normalized spacial score (nSPS) is 13.1. The maximum Gasteiger partial charge on any atom is 0.338 e. The van der Waals surface area contributed by atoms with Crippen LogP contribution in [0.2, 0.25) is 0 Å². The van der Waals surface area contributed by atoms with Gasteiger partial charge in [-0.15, -0.1) is 0 Å². The summed E-state index contributed by atoms with van der Waals surface area (Å²) in [6.45, 7) is 2.53. The molecule has 156 valence electrons. The van der Waals surface area contributed by atoms with E-state index in [-0.39, 0.29) is 17.4 Å². The first kappa shape index (κ1) is 21.0. The number of nitrogens with one attached hydrogen (secondary N) is 2. The van der Waals surface area contributed by atoms with Crippen LogP contribution in [0.15, 0.2) is 48.5 Å². The van der Waals surface area contributed by atoms with Gasteiger partial charge in [-0.2, -0.15) is 0 Å². The summed E-state index contributed by atoms with van der Waals surface area (Å²) in [5.41, 5.74) is 1.87. The second-order valence-corrected chi connectivity index (χ2v) is 6.76. The SMILES string of the molecule is CCNC(=O)c1cccc(NC(=O)COC(=O)c2ccc(N3CCCC3=O)cc2)c1. The first-order valence-corrected chi connectivity index (χ1v) is 9.73. The molecule has 1 heterocycles. The molecule has 8 nitrogen and oxygen atoms in total. The van der Waals surface area contributed by atoms with Crippen molar-refractivity contribution in [3.8, 4) is 0 Å². The van der Waals surface area contributed by atoms with Crippen LogP contribution in [0.1, 0.15) is 40.5 Å². The molecule has 2 N–H and O–H groups in total. The van der Waals surface area contributed by atoms with E-state index in [0.29, 0.717) is 30.8 Å². The highest BCUT2D eigenvalue weighted by Crippen LogP contribution is 2.21. The quantitative estimate of drug-likeness (QED) is 0.683. The smallest absolute Gasteiger partial charge is 0.338 e. The van der Waals surface area contributed by atoms with E-state index in [4.69, 9.17) is 4.74 Å². The van der Waals surface area contributed by atoms with Gasteiger partial charge >= 0.3 is 5.97 Å². The Labute approximate surface area is 174 Å². The molecule has 0 radical (unpaired) electrons. The molecule has 1 aliphatic rings. The highest BCUT2D eigenvalue weighted by Gasteiger charge is 2.22. The number of ether oxygens (including phenoxy) is 1. The standard InChI is InChI=1S/C22H23N3O5/c1-2-23-21(28)16-5-3-6-17(13-16)24-19(26)14-30-22(29)15-8-10-18(11-9-15)25-12-4-7-20(25)27/h3,5-6,8-11,13H,2,4,7,12,14H2,1H3,(H,23,28)(H,24,26). The molecule has 0 saturated carbocycles. The van der Waals surface area contributed by atoms with E-state index in [1.54, 1.807) is 53.4 Å². The minimum absolute atomic E-state index is 0.0678. The minimum atomic E-state index is -0.638. The molecule has 2 aromatic carbocycles. The third-order valence-corrected chi connectivity index (χ3v) is 4.57. The van der Waals surface area contributed by atoms with E-state index in [0.717, 1.165) is 12.1 Å². The van der Waals surface area contributed by atoms with Crippen molar-refractivity contribution in [2.75, 3.05) is 29.9 Å². The Bertz CT molecular complexity index is 956. The summed E-state index contributed by atoms with van der Waals surface area (Å²) in [6, 6.07) is 13.0. The maximum atomic E-state index is 12.2. The van der Waals surface area contributed by atoms with Crippen molar-refractivity contribution in [1.29, 1.82) is 0 Å². The Hall–Kier alpha value is -3.68. The molecular formula is C22H23N3O5. The molecule has 1 fully saturated rings. The average Bonchev–Trinajstić information content (AvgIpc) is 3.18. The molecule has 0 aliphatic carbocycles. The van der Waals surface area contributed by atoms with E-state index in [9.17, 15) is 19.2 Å². The molecular weight excluding hydrogens is 386 g/mol. The van der Waals surface area contributed by atoms with Crippen molar-refractivity contribution in [1.82, 2.24) is 5.32 Å². The topological polar surface area (TPSA) is 105 Å². The van der Waals surface area contributed by atoms with Crippen molar-refractivity contribution in [3.05, 3.63) is 59.7 Å². The Balaban J connectivity index is 1.52. The molecule has 0 unspecified atom stereocenters. The zero-order valence-corrected chi connectivity index (χ0v) is 16.6. The van der Waals surface area contributed by atoms with Gasteiger partial charge in [-0.25, -0.2) is 4.79 Å². The van der Waals surface area contributed by atoms with Crippen LogP contribution in [0.3, 0.4) is 0 Å². The van der Waals surface area contributed by atoms with Gasteiger partial charge in [0.15, 0.2) is 6.61 Å². The van der Waals surface area contributed by atoms with Crippen LogP contribution in [0.5, 0.6) is 0 Å². The Kier molecular flexibility index (Phi) is 6.79. The van der Waals surface area contributed by atoms with Crippen LogP contribution in [-0.2, 0) is 14.3 Å². The van der Waals surface area contributed by atoms with E-state index < -0.39 is 18.5 Å². The summed E-state index contributed by atoms with van der Waals surface area (Å²) in [5.74, 6) is -1.33. The number of benzene rings is 2. The second-order valence-electron chi connectivity index (χ2n) is 6.76. The molecule has 0 spiro atoms. The molecule has 30 heavy (non-hydrogen) atoms. The molecule has 8 heteroatoms. The van der Waals surface area contributed by atoms with Crippen molar-refractivity contribution < 1.29 is 23.9 Å². The Morgan fingerprint density at radius 3 is 2.50 bits per heavy atom. The first-order chi connectivity index (χ1) is 14.5. The minimum Gasteiger partial charge on any atom is -0.452 e. The van der Waals surface area contributed by atoms with Crippen molar-refractivity contribution >= 4 is 35.1 Å². The van der Waals surface area contributed by atoms with Gasteiger partial charge < -0.3 is 20.3 Å². The van der Waals surface area contributed by atoms with E-state index >= 15 is 0 Å². The monoisotopic (exact) mass is 409 g/mol. The maximum absolute atomic E-state index is 12.2. The predicted octanol–water partition coefficient (Wildman–Crippen LogP) is 2.36. The number of nitrogens with zero attached hydrogens (tertiary/aromatic N) is 1. The lowest BCUT2D eigenvalue weighted by atomic mass is 10.2. The molecule has 1 saturated heterocycles. The summed E-state index contributed by atoms with van der Waals surface area (Å²) in [4.78, 5) is 49.6. The summed E-state index contributed by atoms with van der Waals surface area (Å²) < 4.78 is 5.05. The van der Waals surface area contributed by atoms with E-state index in [1.807, 2.05) is 6.92 Å². The lowest BCUT2D eigenvalue weighted by Crippen LogP contribution is -2.24. The van der Waals surface area contributed by atoms with Gasteiger partial charge in [0, 0.05) is 36.4 Å². The van der Waals surface area contributed by atoms with Gasteiger partial charge in [0.05, 0.1) is 5.56 Å². The molecule has 1 aliphatic heterocycles. The van der Waals surface area contributed by atoms with Crippen LogP contribution >= 0.6 is 0 Å². The van der Waals surface area contributed by atoms with Gasteiger partial charge in [0.1, 0.15) is 0 Å². The third kappa shape index (κ3) is 5.22. The summed E-state index contributed by atoms with van der Waals surface area (Å²) in [6.07, 6.45) is 1.36. The molecule has 0 aromatic heterocycles. The van der Waals surface area contributed by atoms with Crippen LogP contribution < -0.4 is 15.5 Å². The summed E-state index contributed by atoms with van der Waals surface area (Å²) >= 11 is 0. The number of hydrogen-bond donors (Lipinski definition) is 2. The van der Waals surface area contributed by atoms with Crippen molar-refractivity contribution in [3.63, 3.8) is 0 Å². The van der Waals surface area contributed by atoms with E-state index in [1.165, 1.54) is 0 Å². The lowest BCUT2D eigenvalue weighted by Gasteiger charge is -2.15. The number of amides is 3. The Morgan fingerprint density at radius 2 is 1.83 bits per heavy atom. The fourth-order valence-corrected chi connectivity index (χ4v) is 3.11. The molecule has 3 amide bonds. The van der Waals surface area contributed by atoms with Crippen LogP contribution in [0.4, 0.5) is 11.4 Å². The number of carbonyl (C=O) groups excluding carboxylic acids is 4. The highest BCUT2D eigenvalue weighted by atomic mass is 16.5. The highest BCUT2D eigenvalue weighted by molar-refractivity contribution is 5.99. The number of esters is 1. The van der Waals surface area contributed by atoms with Gasteiger partial charge in [0.2, 0.25) is 5.91 Å². The molecule has 3 rings (SSSR count). The van der Waals surface area contributed by atoms with Crippen molar-refractivity contribution in [2.24, 2.45) is 0 Å². The van der Waals surface area contributed by atoms with Crippen molar-refractivity contribution in [2.45, 2.75) is 19.8 Å². The van der Waals surface area contributed by atoms with Crippen LogP contribution in [0, 0.1) is 0 Å². The van der Waals surface area contributed by atoms with E-state index in [2.05, 4.69) is 10.6 Å². The second kappa shape index (κ2) is 9.69. The summed E-state index contributed by atoms with van der Waals surface area (Å²) in [7, 11) is 0. The third-order valence-electron chi connectivity index (χ3n) is 4.57. The summed E-state index contributed by atoms with van der Waals surface area (Å²) in [5, 5.41) is 5.28. The molecule has 0 atom stereocenters. The zero-order chi connectivity index (χ0) is 21.5. The number of anilines is 2. The van der Waals surface area contributed by atoms with Crippen LogP contribution in [-0.4, -0.2) is 43.4 Å². The first-order valence-electron chi connectivity index (χ1n) is 9.73. The molecule has 2 aromatic rings. The lowest BCUT2D eigenvalue weighted by molar-refractivity contribution is -0.119. The van der Waals surface area contributed by atoms with Crippen LogP contribution in [0.25, 0.3) is 0 Å². The fourth-order valence-electron chi connectivity index (χ4n) is 3.11. The zero-order valence-electron chi connectivity index (χ0n) is 16.6. The fraction of sp³-hybridized carbons (Fsp3) is 0.273. The molecule has 0 bridgehead atoms. The van der Waals surface area contributed by atoms with Gasteiger partial charge in [0.25, 0.3) is 11.8 Å². The predicted molar refractivity (Wildman–Crippen MR) is 111 cm³/mol. The van der Waals surface area contributed by atoms with Gasteiger partial charge in [-0.1, -0.05) is 6.07 Å². The number of carbonyl (C=O) groups is 4. The Morgan fingerprint density at radius 1 is 1.07 bits per heavy atom. The average molecular weight is 409 g/mol. The van der Waals surface area contributed by atoms with Gasteiger partial charge in [-0.3, -0.25) is 14.4 Å². The number of hydrogen-bond acceptors (Lipinski definition) is 5. The largest absolute Gasteiger partial charge is 0.452 e. The van der Waals surface area contributed by atoms with Gasteiger partial charge in [-0.05, 0) is 55.8 Å².